The Bertz CT molecular complexity index is 295. The van der Waals surface area contributed by atoms with Gasteiger partial charge in [0.2, 0.25) is 0 Å². The van der Waals surface area contributed by atoms with Crippen molar-refractivity contribution in [1.82, 2.24) is 0 Å². The number of carbonyl (C=O) groups excluding carboxylic acids is 1. The number of hydrogen-bond donors (Lipinski definition) is 0. The summed E-state index contributed by atoms with van der Waals surface area (Å²) in [6.07, 6.45) is 11.0. The average Bonchev–Trinajstić information content (AvgIpc) is 2.37. The fourth-order valence-electron chi connectivity index (χ4n) is 1.69. The number of hydrogen-bond acceptors (Lipinski definition) is 1. The van der Waals surface area contributed by atoms with Gasteiger partial charge in [0, 0.05) is 0 Å². The van der Waals surface area contributed by atoms with Crippen LogP contribution in [0.2, 0.25) is 0 Å². The average molecular weight is 234 g/mol. The second-order valence-electron chi connectivity index (χ2n) is 4.70. The molecule has 0 aromatic carbocycles. The van der Waals surface area contributed by atoms with Gasteiger partial charge in [-0.15, -0.1) is 12.3 Å². The summed E-state index contributed by atoms with van der Waals surface area (Å²) >= 11 is 0. The molecule has 0 aliphatic rings. The molecule has 0 saturated heterocycles. The van der Waals surface area contributed by atoms with Crippen molar-refractivity contribution in [3.8, 4) is 0 Å². The van der Waals surface area contributed by atoms with Crippen LogP contribution in [-0.2, 0) is 4.79 Å². The molecule has 0 saturated carbocycles. The maximum atomic E-state index is 11.3. The Morgan fingerprint density at radius 3 is 2.59 bits per heavy atom. The van der Waals surface area contributed by atoms with Crippen molar-refractivity contribution in [3.63, 3.8) is 0 Å². The zero-order valence-electron chi connectivity index (χ0n) is 11.6. The maximum absolute atomic E-state index is 11.3. The largest absolute Gasteiger partial charge is 0.302 e. The van der Waals surface area contributed by atoms with Crippen molar-refractivity contribution in [1.29, 1.82) is 0 Å². The lowest BCUT2D eigenvalue weighted by molar-refractivity contribution is -0.114. The van der Waals surface area contributed by atoms with E-state index in [0.717, 1.165) is 44.8 Å². The van der Waals surface area contributed by atoms with Crippen LogP contribution in [0.15, 0.2) is 30.0 Å². The first-order valence-corrected chi connectivity index (χ1v) is 6.64. The van der Waals surface area contributed by atoms with E-state index in [1.165, 1.54) is 5.57 Å². The van der Waals surface area contributed by atoms with Gasteiger partial charge in [-0.2, -0.15) is 0 Å². The maximum Gasteiger partial charge on any atom is 0.130 e. The van der Waals surface area contributed by atoms with E-state index in [9.17, 15) is 4.79 Å². The van der Waals surface area contributed by atoms with Crippen molar-refractivity contribution in [2.75, 3.05) is 0 Å². The second kappa shape index (κ2) is 9.01. The standard InChI is InChI=1S/C16H26O/c1-5-8-10-15(4)11-13-16(7-3,14-17)12-9-6-2/h5,13-14H,1,6-10,12H2,2-4H3/t11?,16-/m0/s1. The third kappa shape index (κ3) is 6.28. The van der Waals surface area contributed by atoms with Gasteiger partial charge in [-0.25, -0.2) is 0 Å². The van der Waals surface area contributed by atoms with Crippen LogP contribution in [0.25, 0.3) is 0 Å². The van der Waals surface area contributed by atoms with Crippen LogP contribution in [0.3, 0.4) is 0 Å². The van der Waals surface area contributed by atoms with Gasteiger partial charge in [0.1, 0.15) is 6.29 Å². The quantitative estimate of drug-likeness (QED) is 0.317. The van der Waals surface area contributed by atoms with E-state index in [1.807, 2.05) is 12.2 Å². The van der Waals surface area contributed by atoms with Crippen LogP contribution in [0.1, 0.15) is 59.3 Å². The van der Waals surface area contributed by atoms with Gasteiger partial charge in [-0.05, 0) is 44.3 Å². The summed E-state index contributed by atoms with van der Waals surface area (Å²) in [5, 5.41) is 0. The van der Waals surface area contributed by atoms with E-state index in [-0.39, 0.29) is 5.41 Å². The Labute approximate surface area is 106 Å². The van der Waals surface area contributed by atoms with Gasteiger partial charge in [0.15, 0.2) is 0 Å². The molecule has 1 nitrogen and oxygen atoms in total. The van der Waals surface area contributed by atoms with E-state index < -0.39 is 0 Å². The highest BCUT2D eigenvalue weighted by molar-refractivity contribution is 5.62. The molecule has 0 fully saturated rings. The van der Waals surface area contributed by atoms with Gasteiger partial charge in [0.05, 0.1) is 5.41 Å². The summed E-state index contributed by atoms with van der Waals surface area (Å²) in [4.78, 5) is 11.3. The van der Waals surface area contributed by atoms with E-state index in [0.29, 0.717) is 0 Å². The summed E-state index contributed by atoms with van der Waals surface area (Å²) in [6.45, 7) is 9.99. The van der Waals surface area contributed by atoms with Crippen molar-refractivity contribution < 1.29 is 4.79 Å². The summed E-state index contributed by atoms with van der Waals surface area (Å²) in [5.41, 5.74) is 4.18. The van der Waals surface area contributed by atoms with Crippen LogP contribution in [-0.4, -0.2) is 6.29 Å². The fraction of sp³-hybridized carbons (Fsp3) is 0.625. The van der Waals surface area contributed by atoms with E-state index in [1.54, 1.807) is 0 Å². The molecule has 0 heterocycles. The van der Waals surface area contributed by atoms with Crippen molar-refractivity contribution in [2.24, 2.45) is 5.41 Å². The van der Waals surface area contributed by atoms with Gasteiger partial charge in [0.25, 0.3) is 0 Å². The van der Waals surface area contributed by atoms with E-state index >= 15 is 0 Å². The normalized spacial score (nSPS) is 13.4. The molecule has 0 radical (unpaired) electrons. The van der Waals surface area contributed by atoms with Gasteiger partial charge in [-0.1, -0.05) is 32.8 Å². The first kappa shape index (κ1) is 15.9. The Kier molecular flexibility index (Phi) is 8.44. The third-order valence-electron chi connectivity index (χ3n) is 3.22. The fourth-order valence-corrected chi connectivity index (χ4v) is 1.69. The first-order valence-electron chi connectivity index (χ1n) is 6.64. The molecule has 0 aromatic heterocycles. The number of carbonyl (C=O) groups is 1. The first-order chi connectivity index (χ1) is 8.14. The molecular formula is C16H26O. The lowest BCUT2D eigenvalue weighted by Crippen LogP contribution is -2.18. The van der Waals surface area contributed by atoms with Crippen LogP contribution in [0.5, 0.6) is 0 Å². The van der Waals surface area contributed by atoms with Crippen molar-refractivity contribution in [3.05, 3.63) is 30.0 Å². The molecule has 0 aliphatic carbocycles. The highest BCUT2D eigenvalue weighted by Gasteiger charge is 2.23. The molecule has 0 N–H and O–H groups in total. The molecule has 0 aliphatic heterocycles. The Morgan fingerprint density at radius 1 is 1.41 bits per heavy atom. The molecule has 0 rings (SSSR count). The van der Waals surface area contributed by atoms with Gasteiger partial charge < -0.3 is 4.79 Å². The van der Waals surface area contributed by atoms with Gasteiger partial charge in [-0.3, -0.25) is 0 Å². The summed E-state index contributed by atoms with van der Waals surface area (Å²) in [6, 6.07) is 0. The number of allylic oxidation sites excluding steroid dienone is 2. The Morgan fingerprint density at radius 2 is 2.12 bits per heavy atom. The predicted molar refractivity (Wildman–Crippen MR) is 75.0 cm³/mol. The molecule has 96 valence electrons. The summed E-state index contributed by atoms with van der Waals surface area (Å²) in [7, 11) is 0. The number of aldehydes is 1. The van der Waals surface area contributed by atoms with Crippen molar-refractivity contribution >= 4 is 6.29 Å². The predicted octanol–water partition coefficient (Wildman–Crippen LogP) is 4.84. The monoisotopic (exact) mass is 234 g/mol. The zero-order valence-corrected chi connectivity index (χ0v) is 11.6. The molecule has 0 unspecified atom stereocenters. The lowest BCUT2D eigenvalue weighted by atomic mass is 9.81. The van der Waals surface area contributed by atoms with Crippen molar-refractivity contribution in [2.45, 2.75) is 59.3 Å². The van der Waals surface area contributed by atoms with Crippen LogP contribution >= 0.6 is 0 Å². The molecular weight excluding hydrogens is 208 g/mol. The minimum Gasteiger partial charge on any atom is -0.302 e. The minimum absolute atomic E-state index is 0.300. The smallest absolute Gasteiger partial charge is 0.130 e. The number of unbranched alkanes of at least 4 members (excludes halogenated alkanes) is 1. The molecule has 0 spiro atoms. The molecule has 0 aromatic rings. The van der Waals surface area contributed by atoms with Gasteiger partial charge >= 0.3 is 0 Å². The molecule has 17 heavy (non-hydrogen) atoms. The molecule has 0 bridgehead atoms. The third-order valence-corrected chi connectivity index (χ3v) is 3.22. The lowest BCUT2D eigenvalue weighted by Gasteiger charge is -2.21. The zero-order chi connectivity index (χ0) is 13.1. The minimum atomic E-state index is -0.300. The molecule has 0 amide bonds. The highest BCUT2D eigenvalue weighted by Crippen LogP contribution is 2.28. The van der Waals surface area contributed by atoms with Crippen LogP contribution in [0.4, 0.5) is 0 Å². The summed E-state index contributed by atoms with van der Waals surface area (Å²) < 4.78 is 0. The Balaban J connectivity index is 4.76. The molecule has 1 heteroatoms. The highest BCUT2D eigenvalue weighted by atomic mass is 16.1. The SMILES string of the molecule is C=CCCC(C)=C=C[C@](C=O)(CC)CCCC. The van der Waals surface area contributed by atoms with E-state index in [4.69, 9.17) is 0 Å². The second-order valence-corrected chi connectivity index (χ2v) is 4.70. The van der Waals surface area contributed by atoms with E-state index in [2.05, 4.69) is 33.1 Å². The van der Waals surface area contributed by atoms with Crippen LogP contribution < -0.4 is 0 Å². The van der Waals surface area contributed by atoms with Crippen LogP contribution in [0, 0.1) is 5.41 Å². The topological polar surface area (TPSA) is 17.1 Å². The Hall–Kier alpha value is -1.07. The summed E-state index contributed by atoms with van der Waals surface area (Å²) in [5.74, 6) is 0. The number of rotatable bonds is 9. The molecule has 1 atom stereocenters.